The Bertz CT molecular complexity index is 735. The number of aliphatic hydroxyl groups is 1. The monoisotopic (exact) mass is 341 g/mol. The van der Waals surface area contributed by atoms with Gasteiger partial charge in [0.2, 0.25) is 0 Å². The topological polar surface area (TPSA) is 96.0 Å². The number of nitrogens with zero attached hydrogens (tertiary/aromatic N) is 4. The third-order valence-electron chi connectivity index (χ3n) is 4.29. The maximum atomic E-state index is 10.1. The second kappa shape index (κ2) is 8.10. The molecular formula is C18H23N5O2. The Morgan fingerprint density at radius 2 is 2.24 bits per heavy atom. The molecule has 7 nitrogen and oxygen atoms in total. The number of nitrogens with one attached hydrogen (secondary N) is 1. The molecule has 25 heavy (non-hydrogen) atoms. The van der Waals surface area contributed by atoms with E-state index in [4.69, 9.17) is 10.00 Å². The quantitative estimate of drug-likeness (QED) is 0.782. The van der Waals surface area contributed by atoms with E-state index in [1.807, 2.05) is 4.68 Å². The van der Waals surface area contributed by atoms with Crippen molar-refractivity contribution < 1.29 is 9.84 Å². The molecule has 0 spiro atoms. The van der Waals surface area contributed by atoms with Crippen LogP contribution < -0.4 is 10.1 Å². The molecule has 0 amide bonds. The Kier molecular flexibility index (Phi) is 5.64. The van der Waals surface area contributed by atoms with Crippen molar-refractivity contribution in [3.8, 4) is 11.8 Å². The van der Waals surface area contributed by atoms with Crippen LogP contribution in [0.1, 0.15) is 30.6 Å². The first-order valence-electron chi connectivity index (χ1n) is 8.65. The summed E-state index contributed by atoms with van der Waals surface area (Å²) < 4.78 is 7.53. The number of hydrogen-bond acceptors (Lipinski definition) is 6. The van der Waals surface area contributed by atoms with Crippen LogP contribution in [0.25, 0.3) is 0 Å². The van der Waals surface area contributed by atoms with Gasteiger partial charge < -0.3 is 15.2 Å². The first-order valence-corrected chi connectivity index (χ1v) is 8.65. The normalized spacial score (nSPS) is 17.6. The average Bonchev–Trinajstić information content (AvgIpc) is 3.07. The molecule has 2 heterocycles. The predicted molar refractivity (Wildman–Crippen MR) is 92.2 cm³/mol. The molecule has 1 aliphatic rings. The molecule has 0 saturated heterocycles. The van der Waals surface area contributed by atoms with E-state index < -0.39 is 6.10 Å². The molecule has 0 fully saturated rings. The van der Waals surface area contributed by atoms with Gasteiger partial charge in [-0.25, -0.2) is 9.67 Å². The number of rotatable bonds is 7. The minimum atomic E-state index is -0.598. The number of ether oxygens (including phenoxy) is 1. The molecular weight excluding hydrogens is 318 g/mol. The van der Waals surface area contributed by atoms with Gasteiger partial charge in [0.1, 0.15) is 24.3 Å². The van der Waals surface area contributed by atoms with Gasteiger partial charge in [-0.2, -0.15) is 10.4 Å². The van der Waals surface area contributed by atoms with E-state index in [1.54, 1.807) is 24.3 Å². The van der Waals surface area contributed by atoms with Crippen LogP contribution in [0.15, 0.2) is 24.3 Å². The van der Waals surface area contributed by atoms with E-state index in [0.29, 0.717) is 17.9 Å². The lowest BCUT2D eigenvalue weighted by Crippen LogP contribution is -2.42. The number of aliphatic hydroxyl groups excluding tert-OH is 1. The highest BCUT2D eigenvalue weighted by Crippen LogP contribution is 2.14. The van der Waals surface area contributed by atoms with Gasteiger partial charge in [-0.3, -0.25) is 0 Å². The molecule has 7 heteroatoms. The van der Waals surface area contributed by atoms with E-state index in [1.165, 1.54) is 0 Å². The summed E-state index contributed by atoms with van der Waals surface area (Å²) in [6, 6.07) is 9.20. The van der Waals surface area contributed by atoms with Gasteiger partial charge in [0.05, 0.1) is 18.2 Å². The second-order valence-corrected chi connectivity index (χ2v) is 6.22. The number of aryl methyl sites for hydroxylation is 2. The first kappa shape index (κ1) is 17.4. The molecule has 0 saturated carbocycles. The minimum Gasteiger partial charge on any atom is -0.491 e. The molecule has 3 rings (SSSR count). The van der Waals surface area contributed by atoms with Gasteiger partial charge in [-0.1, -0.05) is 6.92 Å². The van der Waals surface area contributed by atoms with Crippen LogP contribution in [0.4, 0.5) is 0 Å². The van der Waals surface area contributed by atoms with Gasteiger partial charge >= 0.3 is 0 Å². The van der Waals surface area contributed by atoms with Crippen molar-refractivity contribution in [1.82, 2.24) is 20.1 Å². The van der Waals surface area contributed by atoms with Crippen molar-refractivity contribution in [3.63, 3.8) is 0 Å². The zero-order valence-corrected chi connectivity index (χ0v) is 14.4. The van der Waals surface area contributed by atoms with Crippen molar-refractivity contribution >= 4 is 0 Å². The van der Waals surface area contributed by atoms with Crippen molar-refractivity contribution in [2.75, 3.05) is 13.2 Å². The van der Waals surface area contributed by atoms with Crippen LogP contribution >= 0.6 is 0 Å². The van der Waals surface area contributed by atoms with Crippen molar-refractivity contribution in [2.24, 2.45) is 0 Å². The molecule has 0 aliphatic carbocycles. The summed E-state index contributed by atoms with van der Waals surface area (Å²) in [5.41, 5.74) is 0.588. The largest absolute Gasteiger partial charge is 0.491 e. The summed E-state index contributed by atoms with van der Waals surface area (Å²) in [4.78, 5) is 4.51. The lowest BCUT2D eigenvalue weighted by Gasteiger charge is -2.24. The van der Waals surface area contributed by atoms with Crippen LogP contribution in [0.3, 0.4) is 0 Å². The molecule has 2 N–H and O–H groups in total. The Balaban J connectivity index is 1.41. The number of fused-ring (bicyclic) bond motifs is 1. The number of hydrogen-bond donors (Lipinski definition) is 2. The molecule has 0 unspecified atom stereocenters. The van der Waals surface area contributed by atoms with E-state index in [-0.39, 0.29) is 12.6 Å². The van der Waals surface area contributed by atoms with Gasteiger partial charge in [0.15, 0.2) is 5.82 Å². The Morgan fingerprint density at radius 1 is 1.44 bits per heavy atom. The Hall–Kier alpha value is -2.43. The van der Waals surface area contributed by atoms with Gasteiger partial charge in [-0.15, -0.1) is 0 Å². The summed E-state index contributed by atoms with van der Waals surface area (Å²) in [7, 11) is 0. The standard InChI is InChI=1S/C18H23N5O2/c1-2-17-21-18-8-5-14(11-23(18)22-17)20-10-15(24)12-25-16-6-3-13(9-19)4-7-16/h3-4,6-7,14-15,20,24H,2,5,8,10-12H2,1H3/t14-,15+/m0/s1. The third kappa shape index (κ3) is 4.56. The molecule has 132 valence electrons. The van der Waals surface area contributed by atoms with Crippen molar-refractivity contribution in [2.45, 2.75) is 44.9 Å². The Labute approximate surface area is 147 Å². The predicted octanol–water partition coefficient (Wildman–Crippen LogP) is 1.06. The van der Waals surface area contributed by atoms with Crippen LogP contribution in [-0.4, -0.2) is 45.2 Å². The van der Waals surface area contributed by atoms with Crippen molar-refractivity contribution in [1.29, 1.82) is 5.26 Å². The highest BCUT2D eigenvalue weighted by atomic mass is 16.5. The van der Waals surface area contributed by atoms with Crippen LogP contribution in [0, 0.1) is 11.3 Å². The summed E-state index contributed by atoms with van der Waals surface area (Å²) in [6.45, 7) is 3.51. The summed E-state index contributed by atoms with van der Waals surface area (Å²) in [6.07, 6.45) is 2.15. The van der Waals surface area contributed by atoms with E-state index in [2.05, 4.69) is 28.4 Å². The molecule has 1 aliphatic heterocycles. The summed E-state index contributed by atoms with van der Waals surface area (Å²) >= 11 is 0. The zero-order valence-electron chi connectivity index (χ0n) is 14.4. The highest BCUT2D eigenvalue weighted by Gasteiger charge is 2.21. The molecule has 0 radical (unpaired) electrons. The third-order valence-corrected chi connectivity index (χ3v) is 4.29. The number of benzene rings is 1. The SMILES string of the molecule is CCc1nc2n(n1)C[C@@H](NC[C@@H](O)COc1ccc(C#N)cc1)CC2. The maximum Gasteiger partial charge on any atom is 0.150 e. The molecule has 2 aromatic rings. The molecule has 1 aromatic heterocycles. The fourth-order valence-electron chi connectivity index (χ4n) is 2.86. The van der Waals surface area contributed by atoms with Crippen molar-refractivity contribution in [3.05, 3.63) is 41.5 Å². The van der Waals surface area contributed by atoms with Gasteiger partial charge in [-0.05, 0) is 30.7 Å². The molecule has 1 aromatic carbocycles. The van der Waals surface area contributed by atoms with E-state index in [9.17, 15) is 5.11 Å². The summed E-state index contributed by atoms with van der Waals surface area (Å²) in [5, 5.41) is 26.7. The smallest absolute Gasteiger partial charge is 0.150 e. The highest BCUT2D eigenvalue weighted by molar-refractivity contribution is 5.34. The average molecular weight is 341 g/mol. The lowest BCUT2D eigenvalue weighted by atomic mass is 10.1. The van der Waals surface area contributed by atoms with E-state index >= 15 is 0 Å². The second-order valence-electron chi connectivity index (χ2n) is 6.22. The van der Waals surface area contributed by atoms with Crippen LogP contribution in [0.2, 0.25) is 0 Å². The molecule has 2 atom stereocenters. The van der Waals surface area contributed by atoms with Gasteiger partial charge in [0, 0.05) is 25.4 Å². The van der Waals surface area contributed by atoms with Crippen LogP contribution in [-0.2, 0) is 19.4 Å². The maximum absolute atomic E-state index is 10.1. The number of nitriles is 1. The lowest BCUT2D eigenvalue weighted by molar-refractivity contribution is 0.101. The van der Waals surface area contributed by atoms with E-state index in [0.717, 1.165) is 37.5 Å². The zero-order chi connectivity index (χ0) is 17.6. The Morgan fingerprint density at radius 3 is 2.96 bits per heavy atom. The first-order chi connectivity index (χ1) is 12.2. The minimum absolute atomic E-state index is 0.209. The van der Waals surface area contributed by atoms with Crippen LogP contribution in [0.5, 0.6) is 5.75 Å². The molecule has 0 bridgehead atoms. The summed E-state index contributed by atoms with van der Waals surface area (Å²) in [5.74, 6) is 2.60. The number of aromatic nitrogens is 3. The fourth-order valence-corrected chi connectivity index (χ4v) is 2.86. The van der Waals surface area contributed by atoms with Gasteiger partial charge in [0.25, 0.3) is 0 Å². The fraction of sp³-hybridized carbons (Fsp3) is 0.500.